The smallest absolute Gasteiger partial charge is 0.352 e. The molecular weight excluding hydrogens is 118 g/mol. The van der Waals surface area contributed by atoms with Crippen molar-refractivity contribution < 1.29 is 9.90 Å². The van der Waals surface area contributed by atoms with Gasteiger partial charge in [-0.05, 0) is 6.92 Å². The Morgan fingerprint density at radius 3 is 2.67 bits per heavy atom. The molecule has 0 aromatic heterocycles. The molecule has 0 bridgehead atoms. The lowest BCUT2D eigenvalue weighted by atomic mass is 10.4. The topological polar surface area (TPSA) is 63.3 Å². The Morgan fingerprint density at radius 1 is 1.78 bits per heavy atom. The first kappa shape index (κ1) is 7.57. The molecule has 0 aliphatic carbocycles. The van der Waals surface area contributed by atoms with E-state index in [1.807, 2.05) is 0 Å². The van der Waals surface area contributed by atoms with Gasteiger partial charge < -0.3 is 10.8 Å². The van der Waals surface area contributed by atoms with E-state index in [4.69, 9.17) is 10.8 Å². The minimum Gasteiger partial charge on any atom is -0.477 e. The van der Waals surface area contributed by atoms with Crippen LogP contribution in [0.25, 0.3) is 0 Å². The third-order valence-electron chi connectivity index (χ3n) is 0.619. The zero-order chi connectivity index (χ0) is 7.28. The van der Waals surface area contributed by atoms with Crippen molar-refractivity contribution in [1.82, 2.24) is 0 Å². The molecule has 3 N–H and O–H groups in total. The molecule has 0 aliphatic rings. The van der Waals surface area contributed by atoms with Gasteiger partial charge in [0.05, 0.1) is 0 Å². The van der Waals surface area contributed by atoms with Gasteiger partial charge in [0.2, 0.25) is 0 Å². The summed E-state index contributed by atoms with van der Waals surface area (Å²) in [6.07, 6.45) is 1.16. The van der Waals surface area contributed by atoms with Crippen molar-refractivity contribution >= 4 is 5.97 Å². The maximum Gasteiger partial charge on any atom is 0.352 e. The lowest BCUT2D eigenvalue weighted by Crippen LogP contribution is -2.08. The van der Waals surface area contributed by atoms with Gasteiger partial charge in [-0.1, -0.05) is 5.92 Å². The lowest BCUT2D eigenvalue weighted by molar-refractivity contribution is -0.132. The minimum atomic E-state index is -1.14. The van der Waals surface area contributed by atoms with Crippen LogP contribution in [-0.2, 0) is 4.79 Å². The molecular formula is C6H7NO2. The highest BCUT2D eigenvalue weighted by Crippen LogP contribution is 1.79. The summed E-state index contributed by atoms with van der Waals surface area (Å²) >= 11 is 0. The lowest BCUT2D eigenvalue weighted by Gasteiger charge is -1.84. The highest BCUT2D eigenvalue weighted by molar-refractivity contribution is 5.85. The number of nitrogens with two attached hydrogens (primary N) is 1. The van der Waals surface area contributed by atoms with Gasteiger partial charge in [-0.15, -0.1) is 5.92 Å². The minimum absolute atomic E-state index is 0.232. The summed E-state index contributed by atoms with van der Waals surface area (Å²) in [5.41, 5.74) is 4.73. The Morgan fingerprint density at radius 2 is 2.33 bits per heavy atom. The van der Waals surface area contributed by atoms with E-state index in [0.717, 1.165) is 6.08 Å². The number of allylic oxidation sites excluding steroid dienone is 1. The van der Waals surface area contributed by atoms with Crippen molar-refractivity contribution in [3.8, 4) is 11.8 Å². The molecule has 0 aliphatic heterocycles. The summed E-state index contributed by atoms with van der Waals surface area (Å²) in [4.78, 5) is 9.94. The molecule has 0 amide bonds. The van der Waals surface area contributed by atoms with E-state index in [-0.39, 0.29) is 5.70 Å². The van der Waals surface area contributed by atoms with Gasteiger partial charge in [-0.3, -0.25) is 0 Å². The van der Waals surface area contributed by atoms with Crippen LogP contribution >= 0.6 is 0 Å². The molecule has 0 atom stereocenters. The van der Waals surface area contributed by atoms with Crippen LogP contribution < -0.4 is 5.73 Å². The van der Waals surface area contributed by atoms with Gasteiger partial charge in [-0.25, -0.2) is 4.79 Å². The second-order valence-electron chi connectivity index (χ2n) is 1.30. The highest BCUT2D eigenvalue weighted by atomic mass is 16.4. The quantitative estimate of drug-likeness (QED) is 0.381. The zero-order valence-corrected chi connectivity index (χ0v) is 5.01. The highest BCUT2D eigenvalue weighted by Gasteiger charge is 1.96. The van der Waals surface area contributed by atoms with Crippen LogP contribution in [0.1, 0.15) is 6.92 Å². The summed E-state index contributed by atoms with van der Waals surface area (Å²) in [7, 11) is 0. The maximum atomic E-state index is 9.94. The van der Waals surface area contributed by atoms with E-state index < -0.39 is 5.97 Å². The van der Waals surface area contributed by atoms with Gasteiger partial charge in [0, 0.05) is 6.08 Å². The number of carboxylic acids is 1. The molecule has 0 heterocycles. The van der Waals surface area contributed by atoms with Crippen LogP contribution in [0.4, 0.5) is 0 Å². The van der Waals surface area contributed by atoms with E-state index in [1.165, 1.54) is 0 Å². The molecule has 0 unspecified atom stereocenters. The second-order valence-corrected chi connectivity index (χ2v) is 1.30. The average Bonchev–Trinajstić information content (AvgIpc) is 1.82. The molecule has 0 saturated carbocycles. The number of carboxylic acid groups (broad SMARTS) is 1. The average molecular weight is 125 g/mol. The molecule has 0 radical (unpaired) electrons. The number of carbonyl (C=O) groups is 1. The third kappa shape index (κ3) is 3.18. The molecule has 0 rings (SSSR count). The number of hydrogen-bond donors (Lipinski definition) is 2. The van der Waals surface area contributed by atoms with E-state index in [0.29, 0.717) is 0 Å². The largest absolute Gasteiger partial charge is 0.477 e. The Balaban J connectivity index is 4.11. The number of aliphatic carboxylic acids is 1. The molecule has 0 aromatic rings. The fourth-order valence-electron chi connectivity index (χ4n) is 0.212. The number of hydrogen-bond acceptors (Lipinski definition) is 2. The first-order valence-electron chi connectivity index (χ1n) is 2.29. The van der Waals surface area contributed by atoms with Crippen molar-refractivity contribution in [2.75, 3.05) is 0 Å². The summed E-state index contributed by atoms with van der Waals surface area (Å²) in [5.74, 6) is 3.75. The number of rotatable bonds is 1. The SMILES string of the molecule is CC#CC=C(N)C(=O)O. The van der Waals surface area contributed by atoms with Crippen LogP contribution in [0.5, 0.6) is 0 Å². The summed E-state index contributed by atoms with van der Waals surface area (Å²) in [6.45, 7) is 1.60. The molecule has 9 heavy (non-hydrogen) atoms. The van der Waals surface area contributed by atoms with Gasteiger partial charge in [0.1, 0.15) is 5.70 Å². The predicted octanol–water partition coefficient (Wildman–Crippen LogP) is -0.0631. The van der Waals surface area contributed by atoms with Crippen LogP contribution in [0.15, 0.2) is 11.8 Å². The summed E-state index contributed by atoms with van der Waals surface area (Å²) in [5, 5.41) is 8.15. The molecule has 3 nitrogen and oxygen atoms in total. The second kappa shape index (κ2) is 3.56. The van der Waals surface area contributed by atoms with Crippen LogP contribution in [0, 0.1) is 11.8 Å². The Kier molecular flexibility index (Phi) is 2.99. The van der Waals surface area contributed by atoms with Crippen molar-refractivity contribution in [3.63, 3.8) is 0 Å². The molecule has 0 fully saturated rings. The zero-order valence-electron chi connectivity index (χ0n) is 5.01. The normalized spacial score (nSPS) is 9.67. The third-order valence-corrected chi connectivity index (χ3v) is 0.619. The summed E-state index contributed by atoms with van der Waals surface area (Å²) < 4.78 is 0. The van der Waals surface area contributed by atoms with Crippen LogP contribution in [0.3, 0.4) is 0 Å². The van der Waals surface area contributed by atoms with E-state index >= 15 is 0 Å². The molecule has 0 aromatic carbocycles. The standard InChI is InChI=1S/C6H7NO2/c1-2-3-4-5(7)6(8)9/h4H,7H2,1H3,(H,8,9). The Hall–Kier alpha value is -1.43. The Labute approximate surface area is 53.2 Å². The Bertz CT molecular complexity index is 195. The first-order chi connectivity index (χ1) is 4.18. The fourth-order valence-corrected chi connectivity index (χ4v) is 0.212. The van der Waals surface area contributed by atoms with Crippen molar-refractivity contribution in [1.29, 1.82) is 0 Å². The fraction of sp³-hybridized carbons (Fsp3) is 0.167. The van der Waals surface area contributed by atoms with E-state index in [2.05, 4.69) is 11.8 Å². The van der Waals surface area contributed by atoms with E-state index in [9.17, 15) is 4.79 Å². The predicted molar refractivity (Wildman–Crippen MR) is 33.4 cm³/mol. The van der Waals surface area contributed by atoms with Crippen LogP contribution in [-0.4, -0.2) is 11.1 Å². The molecule has 48 valence electrons. The first-order valence-corrected chi connectivity index (χ1v) is 2.29. The van der Waals surface area contributed by atoms with Crippen LogP contribution in [0.2, 0.25) is 0 Å². The van der Waals surface area contributed by atoms with Gasteiger partial charge >= 0.3 is 5.97 Å². The maximum absolute atomic E-state index is 9.94. The van der Waals surface area contributed by atoms with E-state index in [1.54, 1.807) is 6.92 Å². The molecule has 0 spiro atoms. The molecule has 3 heteroatoms. The van der Waals surface area contributed by atoms with Gasteiger partial charge in [-0.2, -0.15) is 0 Å². The van der Waals surface area contributed by atoms with Crippen molar-refractivity contribution in [3.05, 3.63) is 11.8 Å². The van der Waals surface area contributed by atoms with Gasteiger partial charge in [0.15, 0.2) is 0 Å². The molecule has 0 saturated heterocycles. The van der Waals surface area contributed by atoms with Gasteiger partial charge in [0.25, 0.3) is 0 Å². The monoisotopic (exact) mass is 125 g/mol. The summed E-state index contributed by atoms with van der Waals surface area (Å²) in [6, 6.07) is 0. The van der Waals surface area contributed by atoms with Crippen molar-refractivity contribution in [2.45, 2.75) is 6.92 Å². The van der Waals surface area contributed by atoms with Crippen molar-refractivity contribution in [2.24, 2.45) is 5.73 Å².